The highest BCUT2D eigenvalue weighted by Crippen LogP contribution is 2.38. The minimum Gasteiger partial charge on any atom is -0.384 e. The lowest BCUT2D eigenvalue weighted by Gasteiger charge is -2.29. The van der Waals surface area contributed by atoms with Crippen molar-refractivity contribution in [2.45, 2.75) is 44.6 Å². The van der Waals surface area contributed by atoms with Crippen molar-refractivity contribution in [2.24, 2.45) is 0 Å². The van der Waals surface area contributed by atoms with Crippen LogP contribution in [0.15, 0.2) is 0 Å². The van der Waals surface area contributed by atoms with Crippen LogP contribution >= 0.6 is 0 Å². The van der Waals surface area contributed by atoms with Gasteiger partial charge in [0.15, 0.2) is 0 Å². The van der Waals surface area contributed by atoms with E-state index in [1.54, 1.807) is 7.11 Å². The summed E-state index contributed by atoms with van der Waals surface area (Å²) in [6, 6.07) is 0. The Morgan fingerprint density at radius 3 is 2.94 bits per heavy atom. The van der Waals surface area contributed by atoms with Crippen molar-refractivity contribution in [3.63, 3.8) is 0 Å². The van der Waals surface area contributed by atoms with Crippen LogP contribution in [0.25, 0.3) is 0 Å². The first kappa shape index (κ1) is 12.1. The van der Waals surface area contributed by atoms with Crippen molar-refractivity contribution < 1.29 is 4.74 Å². The molecule has 98 valence electrons. The lowest BCUT2D eigenvalue weighted by molar-refractivity contribution is 0.200. The molecule has 0 spiro atoms. The highest BCUT2D eigenvalue weighted by atomic mass is 16.5. The van der Waals surface area contributed by atoms with E-state index in [1.165, 1.54) is 36.2 Å². The number of nitrogens with zero attached hydrogens (tertiary/aromatic N) is 2. The smallest absolute Gasteiger partial charge is 0.131 e. The van der Waals surface area contributed by atoms with Gasteiger partial charge in [-0.1, -0.05) is 6.42 Å². The summed E-state index contributed by atoms with van der Waals surface area (Å²) in [5.41, 5.74) is 3.98. The molecule has 3 rings (SSSR count). The van der Waals surface area contributed by atoms with Gasteiger partial charge in [0.1, 0.15) is 5.82 Å². The second-order valence-electron chi connectivity index (χ2n) is 5.25. The van der Waals surface area contributed by atoms with Crippen LogP contribution in [-0.2, 0) is 24.1 Å². The van der Waals surface area contributed by atoms with Gasteiger partial charge in [0.2, 0.25) is 0 Å². The molecule has 18 heavy (non-hydrogen) atoms. The van der Waals surface area contributed by atoms with Crippen LogP contribution in [0, 0.1) is 0 Å². The molecule has 4 heteroatoms. The number of nitrogens with one attached hydrogen (secondary N) is 1. The summed E-state index contributed by atoms with van der Waals surface area (Å²) >= 11 is 0. The van der Waals surface area contributed by atoms with E-state index in [-0.39, 0.29) is 0 Å². The van der Waals surface area contributed by atoms with E-state index in [1.807, 2.05) is 0 Å². The molecule has 1 aromatic heterocycles. The molecule has 1 fully saturated rings. The van der Waals surface area contributed by atoms with Gasteiger partial charge in [0.25, 0.3) is 0 Å². The molecular formula is C14H21N3O. The fourth-order valence-corrected chi connectivity index (χ4v) is 2.75. The first-order valence-corrected chi connectivity index (χ1v) is 6.96. The summed E-state index contributed by atoms with van der Waals surface area (Å²) in [5, 5.41) is 3.44. The summed E-state index contributed by atoms with van der Waals surface area (Å²) in [4.78, 5) is 9.54. The average molecular weight is 247 g/mol. The molecule has 1 N–H and O–H groups in total. The van der Waals surface area contributed by atoms with Crippen LogP contribution in [0.2, 0.25) is 0 Å². The summed E-state index contributed by atoms with van der Waals surface area (Å²) in [6.45, 7) is 2.70. The Labute approximate surface area is 108 Å². The van der Waals surface area contributed by atoms with Gasteiger partial charge in [0, 0.05) is 44.5 Å². The van der Waals surface area contributed by atoms with Gasteiger partial charge in [-0.15, -0.1) is 0 Å². The van der Waals surface area contributed by atoms with Gasteiger partial charge in [-0.25, -0.2) is 9.97 Å². The zero-order chi connectivity index (χ0) is 12.4. The maximum Gasteiger partial charge on any atom is 0.131 e. The van der Waals surface area contributed by atoms with Crippen LogP contribution in [0.1, 0.15) is 48.0 Å². The Morgan fingerprint density at radius 2 is 2.22 bits per heavy atom. The molecule has 2 heterocycles. The molecule has 1 aliphatic carbocycles. The van der Waals surface area contributed by atoms with Gasteiger partial charge in [-0.3, -0.25) is 0 Å². The van der Waals surface area contributed by atoms with E-state index in [9.17, 15) is 0 Å². The topological polar surface area (TPSA) is 47.0 Å². The van der Waals surface area contributed by atoms with Crippen molar-refractivity contribution in [1.82, 2.24) is 15.3 Å². The molecule has 0 unspecified atom stereocenters. The Morgan fingerprint density at radius 1 is 1.33 bits per heavy atom. The largest absolute Gasteiger partial charge is 0.384 e. The van der Waals surface area contributed by atoms with Crippen molar-refractivity contribution in [2.75, 3.05) is 20.3 Å². The predicted octanol–water partition coefficient (Wildman–Crippen LogP) is 1.58. The van der Waals surface area contributed by atoms with E-state index >= 15 is 0 Å². The van der Waals surface area contributed by atoms with Crippen LogP contribution in [-0.4, -0.2) is 30.2 Å². The maximum absolute atomic E-state index is 5.14. The lowest BCUT2D eigenvalue weighted by atomic mass is 9.80. The lowest BCUT2D eigenvalue weighted by Crippen LogP contribution is -2.29. The van der Waals surface area contributed by atoms with Crippen LogP contribution in [0.4, 0.5) is 0 Å². The third-order valence-electron chi connectivity index (χ3n) is 4.03. The van der Waals surface area contributed by atoms with Crippen molar-refractivity contribution in [1.29, 1.82) is 0 Å². The first-order chi connectivity index (χ1) is 8.88. The minimum atomic E-state index is 0.683. The fraction of sp³-hybridized carbons (Fsp3) is 0.714. The van der Waals surface area contributed by atoms with Crippen molar-refractivity contribution in [3.05, 3.63) is 22.8 Å². The van der Waals surface area contributed by atoms with Crippen molar-refractivity contribution in [3.8, 4) is 0 Å². The number of hydrogen-bond acceptors (Lipinski definition) is 4. The SMILES string of the molecule is COCCc1nc2c(c(C3CCC3)n1)CNCC2. The Balaban J connectivity index is 1.92. The van der Waals surface area contributed by atoms with Crippen LogP contribution < -0.4 is 5.32 Å². The second kappa shape index (κ2) is 5.33. The Hall–Kier alpha value is -1.00. The van der Waals surface area contributed by atoms with E-state index in [4.69, 9.17) is 14.7 Å². The molecule has 0 atom stereocenters. The molecule has 2 aliphatic rings. The third kappa shape index (κ3) is 2.27. The van der Waals surface area contributed by atoms with Crippen LogP contribution in [0.5, 0.6) is 0 Å². The van der Waals surface area contributed by atoms with Crippen molar-refractivity contribution >= 4 is 0 Å². The second-order valence-corrected chi connectivity index (χ2v) is 5.25. The average Bonchev–Trinajstić information content (AvgIpc) is 2.34. The summed E-state index contributed by atoms with van der Waals surface area (Å²) in [6.07, 6.45) is 5.82. The zero-order valence-electron chi connectivity index (χ0n) is 11.0. The number of rotatable bonds is 4. The number of aromatic nitrogens is 2. The highest BCUT2D eigenvalue weighted by molar-refractivity contribution is 5.31. The molecule has 0 saturated heterocycles. The summed E-state index contributed by atoms with van der Waals surface area (Å²) < 4.78 is 5.14. The molecule has 1 aliphatic heterocycles. The maximum atomic E-state index is 5.14. The molecule has 0 bridgehead atoms. The summed E-state index contributed by atoms with van der Waals surface area (Å²) in [7, 11) is 1.73. The molecular weight excluding hydrogens is 226 g/mol. The number of hydrogen-bond donors (Lipinski definition) is 1. The molecule has 0 radical (unpaired) electrons. The molecule has 0 aromatic carbocycles. The molecule has 1 aromatic rings. The number of fused-ring (bicyclic) bond motifs is 1. The third-order valence-corrected chi connectivity index (χ3v) is 4.03. The highest BCUT2D eigenvalue weighted by Gasteiger charge is 2.27. The van der Waals surface area contributed by atoms with E-state index in [0.717, 1.165) is 31.8 Å². The van der Waals surface area contributed by atoms with Gasteiger partial charge >= 0.3 is 0 Å². The fourth-order valence-electron chi connectivity index (χ4n) is 2.75. The zero-order valence-corrected chi connectivity index (χ0v) is 11.0. The quantitative estimate of drug-likeness (QED) is 0.877. The number of methoxy groups -OCH3 is 1. The van der Waals surface area contributed by atoms with Gasteiger partial charge in [-0.05, 0) is 12.8 Å². The van der Waals surface area contributed by atoms with Gasteiger partial charge < -0.3 is 10.1 Å². The minimum absolute atomic E-state index is 0.683. The van der Waals surface area contributed by atoms with E-state index in [2.05, 4.69) is 5.32 Å². The summed E-state index contributed by atoms with van der Waals surface area (Å²) in [5.74, 6) is 1.65. The molecule has 0 amide bonds. The molecule has 4 nitrogen and oxygen atoms in total. The number of ether oxygens (including phenoxy) is 1. The monoisotopic (exact) mass is 247 g/mol. The first-order valence-electron chi connectivity index (χ1n) is 6.96. The molecule has 1 saturated carbocycles. The van der Waals surface area contributed by atoms with E-state index < -0.39 is 0 Å². The van der Waals surface area contributed by atoms with E-state index in [0.29, 0.717) is 12.5 Å². The predicted molar refractivity (Wildman–Crippen MR) is 69.6 cm³/mol. The normalized spacial score (nSPS) is 19.4. The van der Waals surface area contributed by atoms with Crippen LogP contribution in [0.3, 0.4) is 0 Å². The van der Waals surface area contributed by atoms with Gasteiger partial charge in [0.05, 0.1) is 18.0 Å². The Kier molecular flexibility index (Phi) is 3.57. The van der Waals surface area contributed by atoms with Gasteiger partial charge in [-0.2, -0.15) is 0 Å². The standard InChI is InChI=1S/C14H21N3O/c1-18-8-6-13-16-12-5-7-15-9-11(12)14(17-13)10-3-2-4-10/h10,15H,2-9H2,1H3. The Bertz CT molecular complexity index is 429.